The Kier molecular flexibility index (Phi) is 6.67. The predicted molar refractivity (Wildman–Crippen MR) is 143 cm³/mol. The minimum Gasteiger partial charge on any atom is -0.376 e. The molecule has 38 heavy (non-hydrogen) atoms. The molecule has 4 aromatic rings. The highest BCUT2D eigenvalue weighted by atomic mass is 19.1. The van der Waals surface area contributed by atoms with Crippen molar-refractivity contribution in [1.82, 2.24) is 30.1 Å². The summed E-state index contributed by atoms with van der Waals surface area (Å²) in [7, 11) is 0. The number of hydrogen-bond donors (Lipinski definition) is 1. The zero-order valence-corrected chi connectivity index (χ0v) is 21.7. The largest absolute Gasteiger partial charge is 0.376 e. The van der Waals surface area contributed by atoms with Crippen LogP contribution in [0.15, 0.2) is 47.3 Å². The Labute approximate surface area is 220 Å². The average molecular weight is 518 g/mol. The molecule has 2 fully saturated rings. The number of H-pyrrole nitrogens is 1. The van der Waals surface area contributed by atoms with Gasteiger partial charge in [-0.2, -0.15) is 0 Å². The summed E-state index contributed by atoms with van der Waals surface area (Å²) in [5.41, 5.74) is 4.59. The molecule has 0 amide bonds. The van der Waals surface area contributed by atoms with Crippen LogP contribution in [-0.4, -0.2) is 69.0 Å². The molecular weight excluding hydrogens is 485 g/mol. The molecule has 2 aliphatic heterocycles. The highest BCUT2D eigenvalue weighted by Crippen LogP contribution is 2.30. The first-order valence-corrected chi connectivity index (χ1v) is 13.2. The fourth-order valence-corrected chi connectivity index (χ4v) is 5.60. The van der Waals surface area contributed by atoms with Crippen molar-refractivity contribution in [2.45, 2.75) is 45.4 Å². The standard InChI is InChI=1S/C28H32FN7O2/c1-18-14-20-16-24(28(37)30-25(20)15-19(18)2)26(27-31-32-33-36(27)17-23-4-3-13-38-23)35-11-9-34(10-12-35)22-7-5-21(29)6-8-22/h5-8,14-16,23,26H,3-4,9-13,17H2,1-2H3,(H,30,37). The maximum absolute atomic E-state index is 13.6. The van der Waals surface area contributed by atoms with Gasteiger partial charge in [0.1, 0.15) is 11.9 Å². The molecule has 10 heteroatoms. The number of pyridine rings is 1. The molecule has 4 heterocycles. The third kappa shape index (κ3) is 4.81. The number of anilines is 1. The number of halogens is 1. The van der Waals surface area contributed by atoms with E-state index < -0.39 is 6.04 Å². The molecule has 0 radical (unpaired) electrons. The van der Waals surface area contributed by atoms with E-state index in [1.807, 2.05) is 31.2 Å². The number of hydrogen-bond acceptors (Lipinski definition) is 7. The lowest BCUT2D eigenvalue weighted by molar-refractivity contribution is 0.0906. The smallest absolute Gasteiger partial charge is 0.253 e. The lowest BCUT2D eigenvalue weighted by Gasteiger charge is -2.39. The van der Waals surface area contributed by atoms with Crippen LogP contribution in [0.2, 0.25) is 0 Å². The number of benzene rings is 2. The first-order chi connectivity index (χ1) is 18.5. The maximum Gasteiger partial charge on any atom is 0.253 e. The van der Waals surface area contributed by atoms with E-state index in [-0.39, 0.29) is 17.5 Å². The van der Waals surface area contributed by atoms with Gasteiger partial charge in [-0.15, -0.1) is 5.10 Å². The first kappa shape index (κ1) is 24.7. The number of piperazine rings is 1. The molecule has 0 spiro atoms. The summed E-state index contributed by atoms with van der Waals surface area (Å²) in [5.74, 6) is 0.399. The second kappa shape index (κ2) is 10.3. The monoisotopic (exact) mass is 517 g/mol. The number of ether oxygens (including phenoxy) is 1. The number of aryl methyl sites for hydroxylation is 2. The van der Waals surface area contributed by atoms with E-state index >= 15 is 0 Å². The number of aromatic nitrogens is 5. The second-order valence-corrected chi connectivity index (χ2v) is 10.3. The first-order valence-electron chi connectivity index (χ1n) is 13.2. The van der Waals surface area contributed by atoms with E-state index in [1.54, 1.807) is 4.68 Å². The molecule has 0 aliphatic carbocycles. The molecule has 2 saturated heterocycles. The fourth-order valence-electron chi connectivity index (χ4n) is 5.60. The zero-order chi connectivity index (χ0) is 26.2. The lowest BCUT2D eigenvalue weighted by Crippen LogP contribution is -2.49. The summed E-state index contributed by atoms with van der Waals surface area (Å²) in [5, 5.41) is 13.7. The zero-order valence-electron chi connectivity index (χ0n) is 21.7. The number of tetrazole rings is 1. The van der Waals surface area contributed by atoms with Crippen LogP contribution in [0.3, 0.4) is 0 Å². The molecule has 2 aromatic carbocycles. The average Bonchev–Trinajstić information content (AvgIpc) is 3.60. The molecule has 198 valence electrons. The van der Waals surface area contributed by atoms with Crippen molar-refractivity contribution in [3.05, 3.63) is 81.2 Å². The van der Waals surface area contributed by atoms with Crippen molar-refractivity contribution >= 4 is 16.6 Å². The van der Waals surface area contributed by atoms with Gasteiger partial charge in [0.25, 0.3) is 5.56 Å². The number of rotatable bonds is 6. The van der Waals surface area contributed by atoms with Gasteiger partial charge >= 0.3 is 0 Å². The van der Waals surface area contributed by atoms with E-state index in [4.69, 9.17) is 4.74 Å². The summed E-state index contributed by atoms with van der Waals surface area (Å²) < 4.78 is 21.1. The van der Waals surface area contributed by atoms with Gasteiger partial charge in [0.2, 0.25) is 0 Å². The highest BCUT2D eigenvalue weighted by Gasteiger charge is 2.33. The van der Waals surface area contributed by atoms with Gasteiger partial charge in [0.15, 0.2) is 5.82 Å². The number of nitrogens with one attached hydrogen (secondary N) is 1. The second-order valence-electron chi connectivity index (χ2n) is 10.3. The van der Waals surface area contributed by atoms with Crippen LogP contribution in [0, 0.1) is 19.7 Å². The van der Waals surface area contributed by atoms with Crippen LogP contribution in [0.1, 0.15) is 41.4 Å². The third-order valence-corrected chi connectivity index (χ3v) is 7.86. The topological polar surface area (TPSA) is 92.2 Å². The van der Waals surface area contributed by atoms with Gasteiger partial charge < -0.3 is 14.6 Å². The van der Waals surface area contributed by atoms with Crippen LogP contribution in [-0.2, 0) is 11.3 Å². The van der Waals surface area contributed by atoms with Crippen LogP contribution >= 0.6 is 0 Å². The van der Waals surface area contributed by atoms with E-state index in [1.165, 1.54) is 17.7 Å². The number of nitrogens with zero attached hydrogens (tertiary/aromatic N) is 6. The Morgan fingerprint density at radius 3 is 2.58 bits per heavy atom. The van der Waals surface area contributed by atoms with E-state index in [0.717, 1.165) is 54.7 Å². The molecule has 2 unspecified atom stereocenters. The number of aromatic amines is 1. The number of fused-ring (bicyclic) bond motifs is 1. The van der Waals surface area contributed by atoms with Crippen molar-refractivity contribution in [1.29, 1.82) is 0 Å². The Morgan fingerprint density at radius 1 is 1.08 bits per heavy atom. The van der Waals surface area contributed by atoms with Crippen molar-refractivity contribution in [3.63, 3.8) is 0 Å². The van der Waals surface area contributed by atoms with Gasteiger partial charge in [-0.25, -0.2) is 9.07 Å². The Hall–Kier alpha value is -3.63. The van der Waals surface area contributed by atoms with E-state index in [9.17, 15) is 9.18 Å². The molecule has 1 N–H and O–H groups in total. The summed E-state index contributed by atoms with van der Waals surface area (Å²) >= 11 is 0. The molecule has 0 saturated carbocycles. The summed E-state index contributed by atoms with van der Waals surface area (Å²) in [6.45, 7) is 8.28. The van der Waals surface area contributed by atoms with Gasteiger partial charge in [-0.05, 0) is 96.1 Å². The van der Waals surface area contributed by atoms with Gasteiger partial charge in [0, 0.05) is 49.6 Å². The third-order valence-electron chi connectivity index (χ3n) is 7.86. The Bertz CT molecular complexity index is 1490. The molecule has 2 aromatic heterocycles. The van der Waals surface area contributed by atoms with Crippen LogP contribution < -0.4 is 10.5 Å². The van der Waals surface area contributed by atoms with E-state index in [0.29, 0.717) is 31.0 Å². The molecule has 2 aliphatic rings. The minimum absolute atomic E-state index is 0.0636. The van der Waals surface area contributed by atoms with Crippen molar-refractivity contribution in [2.24, 2.45) is 0 Å². The minimum atomic E-state index is -0.420. The van der Waals surface area contributed by atoms with E-state index in [2.05, 4.69) is 43.3 Å². The lowest BCUT2D eigenvalue weighted by atomic mass is 10.00. The molecule has 9 nitrogen and oxygen atoms in total. The maximum atomic E-state index is 13.6. The van der Waals surface area contributed by atoms with Crippen LogP contribution in [0.5, 0.6) is 0 Å². The van der Waals surface area contributed by atoms with Crippen molar-refractivity contribution in [3.8, 4) is 0 Å². The molecule has 2 atom stereocenters. The van der Waals surface area contributed by atoms with Crippen molar-refractivity contribution in [2.75, 3.05) is 37.7 Å². The van der Waals surface area contributed by atoms with Gasteiger partial charge in [0.05, 0.1) is 12.6 Å². The van der Waals surface area contributed by atoms with Gasteiger partial charge in [-0.1, -0.05) is 0 Å². The summed E-state index contributed by atoms with van der Waals surface area (Å²) in [6.07, 6.45) is 2.06. The van der Waals surface area contributed by atoms with Crippen LogP contribution in [0.25, 0.3) is 10.9 Å². The fraction of sp³-hybridized carbons (Fsp3) is 0.429. The molecule has 0 bridgehead atoms. The molecular formula is C28H32FN7O2. The SMILES string of the molecule is Cc1cc2cc(C(c3nnnn3CC3CCCO3)N3CCN(c4ccc(F)cc4)CC3)c(=O)[nH]c2cc1C. The molecule has 6 rings (SSSR count). The summed E-state index contributed by atoms with van der Waals surface area (Å²) in [4.78, 5) is 21.2. The van der Waals surface area contributed by atoms with Gasteiger partial charge in [-0.3, -0.25) is 9.69 Å². The highest BCUT2D eigenvalue weighted by molar-refractivity contribution is 5.81. The normalized spacial score (nSPS) is 19.3. The quantitative estimate of drug-likeness (QED) is 0.419. The predicted octanol–water partition coefficient (Wildman–Crippen LogP) is 3.36. The Morgan fingerprint density at radius 2 is 1.84 bits per heavy atom. The Balaban J connectivity index is 1.37. The summed E-state index contributed by atoms with van der Waals surface area (Å²) in [6, 6.07) is 12.3. The van der Waals surface area contributed by atoms with Crippen molar-refractivity contribution < 1.29 is 9.13 Å². The van der Waals surface area contributed by atoms with Crippen LogP contribution in [0.4, 0.5) is 10.1 Å².